The second kappa shape index (κ2) is 8.37. The smallest absolute Gasteiger partial charge is 0.341 e. The van der Waals surface area contributed by atoms with E-state index < -0.39 is 5.97 Å². The van der Waals surface area contributed by atoms with E-state index in [2.05, 4.69) is 21.5 Å². The van der Waals surface area contributed by atoms with Crippen LogP contribution in [0.25, 0.3) is 5.65 Å². The van der Waals surface area contributed by atoms with Crippen LogP contribution in [0, 0.1) is 6.92 Å². The first-order chi connectivity index (χ1) is 17.4. The van der Waals surface area contributed by atoms with Crippen LogP contribution in [0.3, 0.4) is 0 Å². The molecule has 182 valence electrons. The quantitative estimate of drug-likeness (QED) is 0.451. The first-order valence-electron chi connectivity index (χ1n) is 11.9. The van der Waals surface area contributed by atoms with Crippen molar-refractivity contribution in [2.45, 2.75) is 25.2 Å². The number of nitrogens with one attached hydrogen (secondary N) is 1. The lowest BCUT2D eigenvalue weighted by Gasteiger charge is -2.38. The van der Waals surface area contributed by atoms with Crippen LogP contribution >= 0.6 is 0 Å². The lowest BCUT2D eigenvalue weighted by atomic mass is 9.74. The Bertz CT molecular complexity index is 1500. The largest absolute Gasteiger partial charge is 0.492 e. The third-order valence-electron chi connectivity index (χ3n) is 7.24. The number of nitrogens with zero attached hydrogens (tertiary/aromatic N) is 4. The number of aromatic carboxylic acids is 1. The third-order valence-corrected chi connectivity index (χ3v) is 7.24. The Hall–Kier alpha value is -4.40. The number of carbonyl (C=O) groups is 2. The van der Waals surface area contributed by atoms with Gasteiger partial charge in [0, 0.05) is 36.0 Å². The van der Waals surface area contributed by atoms with Crippen LogP contribution in [-0.2, 0) is 5.41 Å². The summed E-state index contributed by atoms with van der Waals surface area (Å²) in [5.74, 6) is 0.0230. The highest BCUT2D eigenvalue weighted by molar-refractivity contribution is 6.01. The Kier molecular flexibility index (Phi) is 5.13. The number of carboxylic acids is 1. The van der Waals surface area contributed by atoms with Gasteiger partial charge in [-0.25, -0.2) is 9.78 Å². The van der Waals surface area contributed by atoms with Gasteiger partial charge in [0.2, 0.25) is 0 Å². The van der Waals surface area contributed by atoms with Crippen molar-refractivity contribution >= 4 is 29.0 Å². The minimum Gasteiger partial charge on any atom is -0.492 e. The predicted molar refractivity (Wildman–Crippen MR) is 133 cm³/mol. The molecule has 1 saturated heterocycles. The predicted octanol–water partition coefficient (Wildman–Crippen LogP) is 4.05. The SMILES string of the molecule is Cc1cccc(Nc2c(C(=O)N3CCC4(CC3)COc3ccccc34)cnc3c(C(=O)O)cnn23)c1. The minimum absolute atomic E-state index is 0.0268. The molecule has 2 aromatic heterocycles. The molecule has 0 saturated carbocycles. The van der Waals surface area contributed by atoms with Crippen molar-refractivity contribution in [1.29, 1.82) is 0 Å². The van der Waals surface area contributed by atoms with E-state index >= 15 is 0 Å². The van der Waals surface area contributed by atoms with Crippen LogP contribution in [0.15, 0.2) is 60.9 Å². The molecule has 1 fully saturated rings. The number of aromatic nitrogens is 3. The van der Waals surface area contributed by atoms with Gasteiger partial charge in [0.25, 0.3) is 5.91 Å². The van der Waals surface area contributed by atoms with Gasteiger partial charge in [0.05, 0.1) is 12.8 Å². The Morgan fingerprint density at radius 2 is 1.86 bits per heavy atom. The number of rotatable bonds is 4. The van der Waals surface area contributed by atoms with Crippen LogP contribution in [-0.4, -0.2) is 56.2 Å². The highest BCUT2D eigenvalue weighted by Crippen LogP contribution is 2.45. The third kappa shape index (κ3) is 3.55. The van der Waals surface area contributed by atoms with E-state index in [0.717, 1.165) is 29.8 Å². The summed E-state index contributed by atoms with van der Waals surface area (Å²) in [5, 5.41) is 17.1. The molecule has 0 unspecified atom stereocenters. The van der Waals surface area contributed by atoms with Gasteiger partial charge >= 0.3 is 5.97 Å². The van der Waals surface area contributed by atoms with Gasteiger partial charge in [-0.2, -0.15) is 9.61 Å². The Morgan fingerprint density at radius 3 is 2.64 bits per heavy atom. The zero-order valence-electron chi connectivity index (χ0n) is 19.8. The van der Waals surface area contributed by atoms with E-state index in [4.69, 9.17) is 4.74 Å². The molecular weight excluding hydrogens is 458 g/mol. The number of fused-ring (bicyclic) bond motifs is 3. The number of piperidine rings is 1. The molecule has 2 aliphatic heterocycles. The fourth-order valence-electron chi connectivity index (χ4n) is 5.26. The number of hydrogen-bond acceptors (Lipinski definition) is 6. The summed E-state index contributed by atoms with van der Waals surface area (Å²) in [4.78, 5) is 31.6. The van der Waals surface area contributed by atoms with Crippen molar-refractivity contribution in [3.63, 3.8) is 0 Å². The number of carbonyl (C=O) groups excluding carboxylic acids is 1. The molecule has 2 aromatic carbocycles. The molecule has 1 spiro atoms. The Labute approximate surface area is 207 Å². The van der Waals surface area contributed by atoms with E-state index in [9.17, 15) is 14.7 Å². The topological polar surface area (TPSA) is 109 Å². The number of ether oxygens (including phenoxy) is 1. The van der Waals surface area contributed by atoms with Crippen LogP contribution in [0.1, 0.15) is 44.7 Å². The highest BCUT2D eigenvalue weighted by atomic mass is 16.5. The first kappa shape index (κ1) is 22.1. The zero-order chi connectivity index (χ0) is 24.9. The van der Waals surface area contributed by atoms with E-state index in [0.29, 0.717) is 31.1 Å². The molecule has 2 aliphatic rings. The molecule has 9 heteroatoms. The number of benzene rings is 2. The zero-order valence-corrected chi connectivity index (χ0v) is 19.8. The van der Waals surface area contributed by atoms with Gasteiger partial charge in [0.15, 0.2) is 5.65 Å². The van der Waals surface area contributed by atoms with Crippen molar-refractivity contribution < 1.29 is 19.4 Å². The number of anilines is 2. The van der Waals surface area contributed by atoms with E-state index in [-0.39, 0.29) is 22.5 Å². The van der Waals surface area contributed by atoms with Gasteiger partial charge in [-0.15, -0.1) is 0 Å². The number of amides is 1. The summed E-state index contributed by atoms with van der Waals surface area (Å²) in [6, 6.07) is 15.9. The highest BCUT2D eigenvalue weighted by Gasteiger charge is 2.44. The van der Waals surface area contributed by atoms with Crippen LogP contribution < -0.4 is 10.1 Å². The number of aryl methyl sites for hydroxylation is 1. The lowest BCUT2D eigenvalue weighted by molar-refractivity contribution is 0.0645. The molecule has 9 nitrogen and oxygen atoms in total. The first-order valence-corrected chi connectivity index (χ1v) is 11.9. The molecule has 0 atom stereocenters. The molecule has 0 radical (unpaired) electrons. The van der Waals surface area contributed by atoms with Crippen molar-refractivity contribution in [1.82, 2.24) is 19.5 Å². The molecule has 0 bridgehead atoms. The van der Waals surface area contributed by atoms with Crippen LogP contribution in [0.5, 0.6) is 5.75 Å². The molecule has 36 heavy (non-hydrogen) atoms. The van der Waals surface area contributed by atoms with Crippen LogP contribution in [0.2, 0.25) is 0 Å². The summed E-state index contributed by atoms with van der Waals surface area (Å²) < 4.78 is 7.35. The average Bonchev–Trinajstić information content (AvgIpc) is 3.47. The molecule has 1 amide bonds. The van der Waals surface area contributed by atoms with Gasteiger partial charge in [-0.05, 0) is 43.5 Å². The molecule has 4 heterocycles. The van der Waals surface area contributed by atoms with Crippen molar-refractivity contribution in [3.05, 3.63) is 83.2 Å². The maximum Gasteiger partial charge on any atom is 0.341 e. The van der Waals surface area contributed by atoms with E-state index in [1.165, 1.54) is 22.5 Å². The molecular formula is C27H25N5O4. The van der Waals surface area contributed by atoms with Gasteiger partial charge in [-0.1, -0.05) is 30.3 Å². The number of carboxylic acid groups (broad SMARTS) is 1. The number of hydrogen-bond donors (Lipinski definition) is 2. The van der Waals surface area contributed by atoms with Crippen molar-refractivity contribution in [2.24, 2.45) is 0 Å². The Morgan fingerprint density at radius 1 is 1.06 bits per heavy atom. The summed E-state index contributed by atoms with van der Waals surface area (Å²) in [6.45, 7) is 3.77. The Balaban J connectivity index is 1.33. The normalized spacial score (nSPS) is 16.1. The maximum absolute atomic E-state index is 13.8. The second-order valence-electron chi connectivity index (χ2n) is 9.47. The van der Waals surface area contributed by atoms with Gasteiger partial charge in [-0.3, -0.25) is 4.79 Å². The van der Waals surface area contributed by atoms with Crippen molar-refractivity contribution in [2.75, 3.05) is 25.0 Å². The van der Waals surface area contributed by atoms with Gasteiger partial charge in [0.1, 0.15) is 22.7 Å². The summed E-state index contributed by atoms with van der Waals surface area (Å²) in [7, 11) is 0. The molecule has 4 aromatic rings. The summed E-state index contributed by atoms with van der Waals surface area (Å²) in [6.07, 6.45) is 4.30. The lowest BCUT2D eigenvalue weighted by Crippen LogP contribution is -2.46. The van der Waals surface area contributed by atoms with Crippen LogP contribution in [0.4, 0.5) is 11.5 Å². The fraction of sp³-hybridized carbons (Fsp3) is 0.259. The molecule has 2 N–H and O–H groups in total. The second-order valence-corrected chi connectivity index (χ2v) is 9.47. The van der Waals surface area contributed by atoms with Gasteiger partial charge < -0.3 is 20.1 Å². The number of para-hydroxylation sites is 1. The standard InChI is InChI=1S/C27H25N5O4/c1-17-5-4-6-18(13-17)30-24-19(14-28-23-20(26(34)35)15-29-32(23)24)25(33)31-11-9-27(10-12-31)16-36-22-8-3-2-7-21(22)27/h2-8,13-15,30H,9-12,16H2,1H3,(H,34,35). The summed E-state index contributed by atoms with van der Waals surface area (Å²) >= 11 is 0. The van der Waals surface area contributed by atoms with Crippen molar-refractivity contribution in [3.8, 4) is 5.75 Å². The van der Waals surface area contributed by atoms with E-state index in [1.807, 2.05) is 54.3 Å². The average molecular weight is 484 g/mol. The minimum atomic E-state index is -1.13. The number of likely N-dealkylation sites (tertiary alicyclic amines) is 1. The maximum atomic E-state index is 13.8. The fourth-order valence-corrected chi connectivity index (χ4v) is 5.26. The van der Waals surface area contributed by atoms with E-state index in [1.54, 1.807) is 0 Å². The molecule has 6 rings (SSSR count). The molecule has 0 aliphatic carbocycles. The summed E-state index contributed by atoms with van der Waals surface area (Å²) in [5.41, 5.74) is 3.44. The monoisotopic (exact) mass is 483 g/mol.